The van der Waals surface area contributed by atoms with E-state index < -0.39 is 12.0 Å². The number of benzene rings is 1. The van der Waals surface area contributed by atoms with Crippen LogP contribution in [-0.4, -0.2) is 30.5 Å². The van der Waals surface area contributed by atoms with Crippen molar-refractivity contribution >= 4 is 5.97 Å². The molecule has 1 aromatic rings. The summed E-state index contributed by atoms with van der Waals surface area (Å²) in [6, 6.07) is 5.32. The molecule has 5 nitrogen and oxygen atoms in total. The summed E-state index contributed by atoms with van der Waals surface area (Å²) in [7, 11) is 0. The Morgan fingerprint density at radius 3 is 3.16 bits per heavy atom. The second-order valence-corrected chi connectivity index (χ2v) is 5.03. The maximum atomic E-state index is 11.3. The SMILES string of the molecule is O=C(O)C1NCCCC1Cc1cccc2c1OCO2. The maximum absolute atomic E-state index is 11.3. The Morgan fingerprint density at radius 2 is 2.32 bits per heavy atom. The van der Waals surface area contributed by atoms with Crippen LogP contribution in [0.3, 0.4) is 0 Å². The quantitative estimate of drug-likeness (QED) is 0.863. The highest BCUT2D eigenvalue weighted by atomic mass is 16.7. The fourth-order valence-electron chi connectivity index (χ4n) is 2.90. The number of piperidine rings is 1. The lowest BCUT2D eigenvalue weighted by atomic mass is 9.85. The van der Waals surface area contributed by atoms with Crippen LogP contribution in [0.25, 0.3) is 0 Å². The minimum absolute atomic E-state index is 0.0990. The first-order chi connectivity index (χ1) is 9.25. The number of para-hydroxylation sites is 1. The summed E-state index contributed by atoms with van der Waals surface area (Å²) in [6.07, 6.45) is 2.64. The van der Waals surface area contributed by atoms with Crippen LogP contribution in [-0.2, 0) is 11.2 Å². The van der Waals surface area contributed by atoms with Gasteiger partial charge in [0.15, 0.2) is 11.5 Å². The van der Waals surface area contributed by atoms with Gasteiger partial charge in [-0.2, -0.15) is 0 Å². The van der Waals surface area contributed by atoms with Crippen molar-refractivity contribution in [3.8, 4) is 11.5 Å². The van der Waals surface area contributed by atoms with E-state index in [1.165, 1.54) is 0 Å². The third-order valence-corrected chi connectivity index (χ3v) is 3.81. The molecule has 2 aliphatic heterocycles. The lowest BCUT2D eigenvalue weighted by Gasteiger charge is -2.29. The molecular weight excluding hydrogens is 246 g/mol. The Kier molecular flexibility index (Phi) is 3.29. The molecule has 1 aromatic carbocycles. The van der Waals surface area contributed by atoms with Gasteiger partial charge in [-0.3, -0.25) is 4.79 Å². The molecule has 1 saturated heterocycles. The number of hydrogen-bond acceptors (Lipinski definition) is 4. The standard InChI is InChI=1S/C14H17NO4/c16-14(17)12-9(4-2-6-15-12)7-10-3-1-5-11-13(10)19-8-18-11/h1,3,5,9,12,15H,2,4,6-8H2,(H,16,17). The van der Waals surface area contributed by atoms with Crippen LogP contribution in [0.1, 0.15) is 18.4 Å². The zero-order valence-electron chi connectivity index (χ0n) is 10.6. The van der Waals surface area contributed by atoms with E-state index in [2.05, 4.69) is 5.32 Å². The van der Waals surface area contributed by atoms with Gasteiger partial charge in [0, 0.05) is 0 Å². The Balaban J connectivity index is 1.80. The average Bonchev–Trinajstić information content (AvgIpc) is 2.88. The molecule has 0 aliphatic carbocycles. The lowest BCUT2D eigenvalue weighted by molar-refractivity contribution is -0.141. The Bertz CT molecular complexity index is 488. The molecule has 102 valence electrons. The zero-order chi connectivity index (χ0) is 13.2. The molecular formula is C14H17NO4. The van der Waals surface area contributed by atoms with Crippen molar-refractivity contribution in [2.24, 2.45) is 5.92 Å². The zero-order valence-corrected chi connectivity index (χ0v) is 10.6. The molecule has 0 saturated carbocycles. The van der Waals surface area contributed by atoms with Crippen molar-refractivity contribution < 1.29 is 19.4 Å². The minimum Gasteiger partial charge on any atom is -0.480 e. The van der Waals surface area contributed by atoms with Gasteiger partial charge in [0.2, 0.25) is 6.79 Å². The summed E-state index contributed by atoms with van der Waals surface area (Å²) < 4.78 is 10.8. The average molecular weight is 263 g/mol. The van der Waals surface area contributed by atoms with Gasteiger partial charge in [-0.15, -0.1) is 0 Å². The summed E-state index contributed by atoms with van der Waals surface area (Å²) in [5, 5.41) is 12.3. The van der Waals surface area contributed by atoms with Crippen LogP contribution >= 0.6 is 0 Å². The minimum atomic E-state index is -0.769. The molecule has 0 amide bonds. The number of nitrogens with one attached hydrogen (secondary N) is 1. The van der Waals surface area contributed by atoms with E-state index in [9.17, 15) is 9.90 Å². The van der Waals surface area contributed by atoms with E-state index in [1.807, 2.05) is 18.2 Å². The normalized spacial score (nSPS) is 25.3. The van der Waals surface area contributed by atoms with Gasteiger partial charge in [0.25, 0.3) is 0 Å². The summed E-state index contributed by atoms with van der Waals surface area (Å²) >= 11 is 0. The Hall–Kier alpha value is -1.75. The summed E-state index contributed by atoms with van der Waals surface area (Å²) in [6.45, 7) is 1.03. The molecule has 0 aromatic heterocycles. The lowest BCUT2D eigenvalue weighted by Crippen LogP contribution is -2.47. The Labute approximate surface area is 111 Å². The van der Waals surface area contributed by atoms with Crippen LogP contribution in [0.15, 0.2) is 18.2 Å². The molecule has 2 N–H and O–H groups in total. The molecule has 2 heterocycles. The topological polar surface area (TPSA) is 67.8 Å². The summed E-state index contributed by atoms with van der Waals surface area (Å²) in [5.74, 6) is 0.863. The van der Waals surface area contributed by atoms with Crippen molar-refractivity contribution in [1.82, 2.24) is 5.32 Å². The monoisotopic (exact) mass is 263 g/mol. The predicted octanol–water partition coefficient (Wildman–Crippen LogP) is 1.41. The van der Waals surface area contributed by atoms with Crippen LogP contribution < -0.4 is 14.8 Å². The highest BCUT2D eigenvalue weighted by Gasteiger charge is 2.31. The third-order valence-electron chi connectivity index (χ3n) is 3.81. The smallest absolute Gasteiger partial charge is 0.320 e. The second kappa shape index (κ2) is 5.09. The fourth-order valence-corrected chi connectivity index (χ4v) is 2.90. The molecule has 3 rings (SSSR count). The van der Waals surface area contributed by atoms with Crippen molar-refractivity contribution in [3.63, 3.8) is 0 Å². The van der Waals surface area contributed by atoms with Crippen molar-refractivity contribution in [2.75, 3.05) is 13.3 Å². The number of carboxylic acids is 1. The largest absolute Gasteiger partial charge is 0.480 e. The van der Waals surface area contributed by atoms with Crippen LogP contribution in [0.4, 0.5) is 0 Å². The van der Waals surface area contributed by atoms with E-state index in [-0.39, 0.29) is 12.7 Å². The van der Waals surface area contributed by atoms with Crippen molar-refractivity contribution in [3.05, 3.63) is 23.8 Å². The number of rotatable bonds is 3. The fraction of sp³-hybridized carbons (Fsp3) is 0.500. The highest BCUT2D eigenvalue weighted by molar-refractivity contribution is 5.74. The number of carbonyl (C=O) groups is 1. The first kappa shape index (κ1) is 12.3. The van der Waals surface area contributed by atoms with E-state index in [0.717, 1.165) is 36.4 Å². The molecule has 0 radical (unpaired) electrons. The van der Waals surface area contributed by atoms with Crippen molar-refractivity contribution in [2.45, 2.75) is 25.3 Å². The third kappa shape index (κ3) is 2.38. The van der Waals surface area contributed by atoms with Gasteiger partial charge in [0.05, 0.1) is 0 Å². The number of fused-ring (bicyclic) bond motifs is 1. The van der Waals surface area contributed by atoms with E-state index in [0.29, 0.717) is 6.42 Å². The molecule has 2 atom stereocenters. The number of aliphatic carboxylic acids is 1. The first-order valence-electron chi connectivity index (χ1n) is 6.59. The maximum Gasteiger partial charge on any atom is 0.320 e. The molecule has 2 aliphatic rings. The van der Waals surface area contributed by atoms with E-state index in [4.69, 9.17) is 9.47 Å². The van der Waals surface area contributed by atoms with E-state index >= 15 is 0 Å². The number of ether oxygens (including phenoxy) is 2. The predicted molar refractivity (Wildman–Crippen MR) is 68.4 cm³/mol. The van der Waals surface area contributed by atoms with Gasteiger partial charge in [-0.25, -0.2) is 0 Å². The Morgan fingerprint density at radius 1 is 1.42 bits per heavy atom. The highest BCUT2D eigenvalue weighted by Crippen LogP contribution is 2.37. The first-order valence-corrected chi connectivity index (χ1v) is 6.59. The van der Waals surface area contributed by atoms with Crippen LogP contribution in [0.5, 0.6) is 11.5 Å². The number of hydrogen-bond donors (Lipinski definition) is 2. The number of carboxylic acid groups (broad SMARTS) is 1. The van der Waals surface area contributed by atoms with Crippen LogP contribution in [0.2, 0.25) is 0 Å². The molecule has 1 fully saturated rings. The molecule has 0 spiro atoms. The summed E-state index contributed by atoms with van der Waals surface area (Å²) in [4.78, 5) is 11.3. The molecule has 5 heteroatoms. The van der Waals surface area contributed by atoms with Gasteiger partial charge in [-0.1, -0.05) is 12.1 Å². The van der Waals surface area contributed by atoms with Gasteiger partial charge < -0.3 is 19.9 Å². The van der Waals surface area contributed by atoms with Gasteiger partial charge >= 0.3 is 5.97 Å². The molecule has 2 unspecified atom stereocenters. The van der Waals surface area contributed by atoms with Crippen molar-refractivity contribution in [1.29, 1.82) is 0 Å². The van der Waals surface area contributed by atoms with E-state index in [1.54, 1.807) is 0 Å². The molecule has 19 heavy (non-hydrogen) atoms. The second-order valence-electron chi connectivity index (χ2n) is 5.03. The summed E-state index contributed by atoms with van der Waals surface area (Å²) in [5.41, 5.74) is 1.04. The van der Waals surface area contributed by atoms with Gasteiger partial charge in [0.1, 0.15) is 6.04 Å². The van der Waals surface area contributed by atoms with Crippen LogP contribution in [0, 0.1) is 5.92 Å². The van der Waals surface area contributed by atoms with Gasteiger partial charge in [-0.05, 0) is 43.4 Å². The molecule has 0 bridgehead atoms.